The SMILES string of the molecule is COc1ccc(C2SCC(C(=O)O)N2Cc2cccc(OCc3nc(-c4ccc(C)cc4)oc3C)c2)cc1. The topological polar surface area (TPSA) is 85.0 Å². The summed E-state index contributed by atoms with van der Waals surface area (Å²) >= 11 is 1.64. The summed E-state index contributed by atoms with van der Waals surface area (Å²) in [6, 6.07) is 23.1. The highest BCUT2D eigenvalue weighted by Crippen LogP contribution is 2.43. The fourth-order valence-corrected chi connectivity index (χ4v) is 5.94. The Morgan fingerprint density at radius 3 is 2.55 bits per heavy atom. The number of ether oxygens (including phenoxy) is 2. The van der Waals surface area contributed by atoms with Crippen molar-refractivity contribution in [2.75, 3.05) is 12.9 Å². The van der Waals surface area contributed by atoms with Crippen molar-refractivity contribution < 1.29 is 23.8 Å². The quantitative estimate of drug-likeness (QED) is 0.272. The number of benzene rings is 3. The van der Waals surface area contributed by atoms with E-state index >= 15 is 0 Å². The lowest BCUT2D eigenvalue weighted by atomic mass is 10.1. The third-order valence-corrected chi connectivity index (χ3v) is 8.00. The Morgan fingerprint density at radius 1 is 1.08 bits per heavy atom. The van der Waals surface area contributed by atoms with Crippen LogP contribution in [0.5, 0.6) is 11.5 Å². The van der Waals surface area contributed by atoms with Gasteiger partial charge in [-0.15, -0.1) is 11.8 Å². The lowest BCUT2D eigenvalue weighted by Gasteiger charge is -2.27. The van der Waals surface area contributed by atoms with Crippen LogP contribution in [0.4, 0.5) is 0 Å². The largest absolute Gasteiger partial charge is 0.497 e. The molecule has 0 bridgehead atoms. The molecule has 5 rings (SSSR count). The summed E-state index contributed by atoms with van der Waals surface area (Å²) in [4.78, 5) is 18.7. The fourth-order valence-electron chi connectivity index (χ4n) is 4.48. The molecule has 38 heavy (non-hydrogen) atoms. The van der Waals surface area contributed by atoms with E-state index in [0.717, 1.165) is 33.9 Å². The zero-order valence-electron chi connectivity index (χ0n) is 21.6. The monoisotopic (exact) mass is 530 g/mol. The van der Waals surface area contributed by atoms with Gasteiger partial charge in [0, 0.05) is 17.9 Å². The van der Waals surface area contributed by atoms with E-state index in [9.17, 15) is 9.90 Å². The standard InChI is InChI=1S/C30H30N2O5S/c1-19-7-9-22(10-8-19)28-31-26(20(2)37-28)17-36-25-6-4-5-21(15-25)16-32-27(30(33)34)18-38-29(32)23-11-13-24(35-3)14-12-23/h4-15,27,29H,16-18H2,1-3H3,(H,33,34). The van der Waals surface area contributed by atoms with Crippen molar-refractivity contribution in [2.45, 2.75) is 38.4 Å². The van der Waals surface area contributed by atoms with E-state index in [0.29, 0.717) is 23.9 Å². The summed E-state index contributed by atoms with van der Waals surface area (Å²) in [6.07, 6.45) is 0. The second kappa shape index (κ2) is 11.3. The van der Waals surface area contributed by atoms with Crippen LogP contribution in [0.1, 0.15) is 33.5 Å². The number of oxazole rings is 1. The summed E-state index contributed by atoms with van der Waals surface area (Å²) in [7, 11) is 1.63. The molecule has 0 aliphatic carbocycles. The summed E-state index contributed by atoms with van der Waals surface area (Å²) in [5.41, 5.74) is 4.88. The Hall–Kier alpha value is -3.75. The van der Waals surface area contributed by atoms with Crippen molar-refractivity contribution in [3.8, 4) is 23.0 Å². The van der Waals surface area contributed by atoms with Gasteiger partial charge < -0.3 is 19.0 Å². The summed E-state index contributed by atoms with van der Waals surface area (Å²) in [6.45, 7) is 4.69. The van der Waals surface area contributed by atoms with Gasteiger partial charge in [-0.2, -0.15) is 0 Å². The molecule has 0 spiro atoms. The van der Waals surface area contributed by atoms with E-state index in [1.807, 2.05) is 91.5 Å². The number of rotatable bonds is 9. The van der Waals surface area contributed by atoms with Crippen molar-refractivity contribution in [1.29, 1.82) is 0 Å². The van der Waals surface area contributed by atoms with Crippen molar-refractivity contribution in [2.24, 2.45) is 0 Å². The molecule has 1 aliphatic heterocycles. The molecule has 2 heterocycles. The molecule has 2 atom stereocenters. The normalized spacial score (nSPS) is 17.4. The molecular weight excluding hydrogens is 500 g/mol. The number of hydrogen-bond acceptors (Lipinski definition) is 7. The van der Waals surface area contributed by atoms with Crippen molar-refractivity contribution in [1.82, 2.24) is 9.88 Å². The molecule has 196 valence electrons. The van der Waals surface area contributed by atoms with Crippen LogP contribution >= 0.6 is 11.8 Å². The van der Waals surface area contributed by atoms with E-state index in [1.54, 1.807) is 18.9 Å². The van der Waals surface area contributed by atoms with Crippen LogP contribution in [0.2, 0.25) is 0 Å². The van der Waals surface area contributed by atoms with Gasteiger partial charge in [-0.25, -0.2) is 4.98 Å². The van der Waals surface area contributed by atoms with Crippen molar-refractivity contribution >= 4 is 17.7 Å². The molecule has 1 N–H and O–H groups in total. The third-order valence-electron chi connectivity index (χ3n) is 6.63. The van der Waals surface area contributed by atoms with Crippen LogP contribution in [0.3, 0.4) is 0 Å². The van der Waals surface area contributed by atoms with Crippen molar-refractivity contribution in [3.05, 3.63) is 101 Å². The predicted octanol–water partition coefficient (Wildman–Crippen LogP) is 6.25. The minimum Gasteiger partial charge on any atom is -0.497 e. The zero-order valence-corrected chi connectivity index (χ0v) is 22.4. The zero-order chi connectivity index (χ0) is 26.6. The maximum atomic E-state index is 12.0. The molecule has 8 heteroatoms. The molecular formula is C30H30N2O5S. The highest BCUT2D eigenvalue weighted by molar-refractivity contribution is 7.99. The number of carbonyl (C=O) groups is 1. The van der Waals surface area contributed by atoms with Gasteiger partial charge in [-0.1, -0.05) is 42.0 Å². The molecule has 3 aromatic carbocycles. The van der Waals surface area contributed by atoms with Crippen LogP contribution in [0.15, 0.2) is 77.2 Å². The number of carboxylic acid groups (broad SMARTS) is 1. The highest BCUT2D eigenvalue weighted by atomic mass is 32.2. The third kappa shape index (κ3) is 5.71. The van der Waals surface area contributed by atoms with Gasteiger partial charge in [-0.3, -0.25) is 9.69 Å². The van der Waals surface area contributed by atoms with E-state index in [2.05, 4.69) is 4.98 Å². The molecule has 4 aromatic rings. The van der Waals surface area contributed by atoms with Gasteiger partial charge in [0.1, 0.15) is 35.6 Å². The molecule has 0 amide bonds. The van der Waals surface area contributed by atoms with Crippen molar-refractivity contribution in [3.63, 3.8) is 0 Å². The average molecular weight is 531 g/mol. The molecule has 1 saturated heterocycles. The molecule has 7 nitrogen and oxygen atoms in total. The molecule has 0 radical (unpaired) electrons. The van der Waals surface area contributed by atoms with Crippen LogP contribution < -0.4 is 9.47 Å². The van der Waals surface area contributed by atoms with Gasteiger partial charge in [0.2, 0.25) is 5.89 Å². The maximum Gasteiger partial charge on any atom is 0.321 e. The van der Waals surface area contributed by atoms with E-state index in [4.69, 9.17) is 13.9 Å². The molecule has 1 fully saturated rings. The first-order valence-electron chi connectivity index (χ1n) is 12.4. The van der Waals surface area contributed by atoms with Crippen LogP contribution in [-0.2, 0) is 17.9 Å². The number of thioether (sulfide) groups is 1. The summed E-state index contributed by atoms with van der Waals surface area (Å²) in [5.74, 6) is 2.48. The lowest BCUT2D eigenvalue weighted by molar-refractivity contribution is -0.142. The minimum absolute atomic E-state index is 0.0652. The van der Waals surface area contributed by atoms with Gasteiger partial charge >= 0.3 is 5.97 Å². The summed E-state index contributed by atoms with van der Waals surface area (Å²) in [5, 5.41) is 9.82. The Labute approximate surface area is 226 Å². The van der Waals surface area contributed by atoms with E-state index < -0.39 is 12.0 Å². The maximum absolute atomic E-state index is 12.0. The smallest absolute Gasteiger partial charge is 0.321 e. The first-order chi connectivity index (χ1) is 18.4. The lowest BCUT2D eigenvalue weighted by Crippen LogP contribution is -2.38. The number of methoxy groups -OCH3 is 1. The molecule has 0 saturated carbocycles. The van der Waals surface area contributed by atoms with Gasteiger partial charge in [0.15, 0.2) is 0 Å². The number of carboxylic acids is 1. The molecule has 2 unspecified atom stereocenters. The first-order valence-corrected chi connectivity index (χ1v) is 13.5. The second-order valence-corrected chi connectivity index (χ2v) is 10.4. The van der Waals surface area contributed by atoms with E-state index in [1.165, 1.54) is 5.56 Å². The number of nitrogens with zero attached hydrogens (tertiary/aromatic N) is 2. The number of aromatic nitrogens is 1. The number of aryl methyl sites for hydroxylation is 2. The average Bonchev–Trinajstić information content (AvgIpc) is 3.51. The highest BCUT2D eigenvalue weighted by Gasteiger charge is 2.39. The van der Waals surface area contributed by atoms with E-state index in [-0.39, 0.29) is 12.0 Å². The van der Waals surface area contributed by atoms with Gasteiger partial charge in [0.25, 0.3) is 0 Å². The van der Waals surface area contributed by atoms with Crippen LogP contribution in [0.25, 0.3) is 11.5 Å². The van der Waals surface area contributed by atoms with Crippen LogP contribution in [0, 0.1) is 13.8 Å². The second-order valence-electron chi connectivity index (χ2n) is 9.31. The predicted molar refractivity (Wildman–Crippen MR) is 147 cm³/mol. The fraction of sp³-hybridized carbons (Fsp3) is 0.267. The van der Waals surface area contributed by atoms with Crippen LogP contribution in [-0.4, -0.2) is 39.9 Å². The minimum atomic E-state index is -0.813. The summed E-state index contributed by atoms with van der Waals surface area (Å²) < 4.78 is 17.2. The van der Waals surface area contributed by atoms with Gasteiger partial charge in [0.05, 0.1) is 12.5 Å². The Bertz CT molecular complexity index is 1400. The number of aliphatic carboxylic acids is 1. The molecule has 1 aliphatic rings. The molecule has 1 aromatic heterocycles. The number of hydrogen-bond donors (Lipinski definition) is 1. The Morgan fingerprint density at radius 2 is 1.84 bits per heavy atom. The van der Waals surface area contributed by atoms with Gasteiger partial charge in [-0.05, 0) is 61.4 Å². The first kappa shape index (κ1) is 25.9. The Kier molecular flexibility index (Phi) is 7.72. The Balaban J connectivity index is 1.29.